The molecule has 0 spiro atoms. The van der Waals surface area contributed by atoms with Gasteiger partial charge in [0.05, 0.1) is 11.3 Å². The molecule has 0 bridgehead atoms. The molecule has 4 heteroatoms. The van der Waals surface area contributed by atoms with Gasteiger partial charge in [0.2, 0.25) is 0 Å². The second-order valence-electron chi connectivity index (χ2n) is 4.60. The molecular formula is C15H11ClN2O. The van der Waals surface area contributed by atoms with Crippen LogP contribution in [0.1, 0.15) is 34.5 Å². The number of halogens is 1. The molecule has 1 aromatic heterocycles. The molecule has 0 unspecified atom stereocenters. The molecule has 1 aromatic carbocycles. The van der Waals surface area contributed by atoms with Crippen molar-refractivity contribution in [1.82, 2.24) is 4.57 Å². The first-order valence-corrected chi connectivity index (χ1v) is 6.52. The van der Waals surface area contributed by atoms with Gasteiger partial charge in [-0.15, -0.1) is 0 Å². The number of nitriles is 1. The summed E-state index contributed by atoms with van der Waals surface area (Å²) in [5.41, 5.74) is 3.05. The number of carbonyl (C=O) groups excluding carboxylic acids is 1. The molecule has 0 saturated carbocycles. The standard InChI is InChI=1S/C15H11ClN2O/c16-11-5-4-10(9-17)14(8-11)18-7-6-12-13(18)2-1-3-15(12)19/h4-8H,1-3H2. The van der Waals surface area contributed by atoms with Crippen LogP contribution in [0.3, 0.4) is 0 Å². The summed E-state index contributed by atoms with van der Waals surface area (Å²) in [6.45, 7) is 0. The number of ketones is 1. The molecule has 1 aliphatic rings. The molecule has 0 saturated heterocycles. The molecule has 1 aliphatic carbocycles. The highest BCUT2D eigenvalue weighted by Gasteiger charge is 2.22. The van der Waals surface area contributed by atoms with Gasteiger partial charge >= 0.3 is 0 Å². The van der Waals surface area contributed by atoms with E-state index in [0.717, 1.165) is 29.8 Å². The lowest BCUT2D eigenvalue weighted by molar-refractivity contribution is 0.0972. The first kappa shape index (κ1) is 12.0. The Morgan fingerprint density at radius 1 is 1.26 bits per heavy atom. The molecule has 3 nitrogen and oxygen atoms in total. The lowest BCUT2D eigenvalue weighted by Gasteiger charge is -2.16. The third-order valence-corrected chi connectivity index (χ3v) is 3.68. The van der Waals surface area contributed by atoms with Crippen molar-refractivity contribution in [1.29, 1.82) is 5.26 Å². The zero-order valence-corrected chi connectivity index (χ0v) is 10.9. The number of hydrogen-bond donors (Lipinski definition) is 0. The van der Waals surface area contributed by atoms with E-state index in [-0.39, 0.29) is 5.78 Å². The van der Waals surface area contributed by atoms with Crippen molar-refractivity contribution in [3.8, 4) is 11.8 Å². The Balaban J connectivity index is 2.21. The van der Waals surface area contributed by atoms with Crippen LogP contribution >= 0.6 is 11.6 Å². The van der Waals surface area contributed by atoms with E-state index in [1.807, 2.05) is 16.8 Å². The molecular weight excluding hydrogens is 260 g/mol. The molecule has 94 valence electrons. The Labute approximate surface area is 116 Å². The predicted octanol–water partition coefficient (Wildman–Crippen LogP) is 3.52. The Morgan fingerprint density at radius 2 is 2.11 bits per heavy atom. The SMILES string of the molecule is N#Cc1ccc(Cl)cc1-n1ccc2c1CCCC2=O. The van der Waals surface area contributed by atoms with Crippen LogP contribution in [0.25, 0.3) is 5.69 Å². The van der Waals surface area contributed by atoms with Gasteiger partial charge in [-0.05, 0) is 37.1 Å². The number of benzene rings is 1. The van der Waals surface area contributed by atoms with E-state index in [0.29, 0.717) is 17.0 Å². The van der Waals surface area contributed by atoms with Crippen LogP contribution in [0.2, 0.25) is 5.02 Å². The molecule has 0 aliphatic heterocycles. The number of rotatable bonds is 1. The van der Waals surface area contributed by atoms with Gasteiger partial charge in [0.15, 0.2) is 5.78 Å². The summed E-state index contributed by atoms with van der Waals surface area (Å²) >= 11 is 6.01. The van der Waals surface area contributed by atoms with E-state index in [4.69, 9.17) is 11.6 Å². The summed E-state index contributed by atoms with van der Waals surface area (Å²) in [7, 11) is 0. The zero-order valence-electron chi connectivity index (χ0n) is 10.2. The highest BCUT2D eigenvalue weighted by Crippen LogP contribution is 2.28. The quantitative estimate of drug-likeness (QED) is 0.796. The van der Waals surface area contributed by atoms with Crippen molar-refractivity contribution < 1.29 is 4.79 Å². The van der Waals surface area contributed by atoms with Gasteiger partial charge in [-0.3, -0.25) is 4.79 Å². The minimum absolute atomic E-state index is 0.181. The van der Waals surface area contributed by atoms with E-state index in [2.05, 4.69) is 6.07 Å². The van der Waals surface area contributed by atoms with Crippen LogP contribution in [0, 0.1) is 11.3 Å². The Bertz CT molecular complexity index is 709. The van der Waals surface area contributed by atoms with Crippen LogP contribution in [0.4, 0.5) is 0 Å². The molecule has 0 radical (unpaired) electrons. The van der Waals surface area contributed by atoms with Crippen LogP contribution < -0.4 is 0 Å². The van der Waals surface area contributed by atoms with Crippen molar-refractivity contribution in [2.75, 3.05) is 0 Å². The minimum Gasteiger partial charge on any atom is -0.319 e. The number of hydrogen-bond acceptors (Lipinski definition) is 2. The average molecular weight is 271 g/mol. The Hall–Kier alpha value is -2.05. The van der Waals surface area contributed by atoms with Crippen LogP contribution in [-0.2, 0) is 6.42 Å². The molecule has 19 heavy (non-hydrogen) atoms. The fourth-order valence-electron chi connectivity index (χ4n) is 2.55. The van der Waals surface area contributed by atoms with Gasteiger partial charge in [-0.2, -0.15) is 5.26 Å². The maximum absolute atomic E-state index is 11.8. The fraction of sp³-hybridized carbons (Fsp3) is 0.200. The van der Waals surface area contributed by atoms with E-state index in [9.17, 15) is 10.1 Å². The summed E-state index contributed by atoms with van der Waals surface area (Å²) in [4.78, 5) is 11.8. The lowest BCUT2D eigenvalue weighted by atomic mass is 9.96. The molecule has 2 aromatic rings. The van der Waals surface area contributed by atoms with E-state index < -0.39 is 0 Å². The molecule has 0 N–H and O–H groups in total. The minimum atomic E-state index is 0.181. The lowest BCUT2D eigenvalue weighted by Crippen LogP contribution is -2.12. The van der Waals surface area contributed by atoms with Gasteiger partial charge < -0.3 is 4.57 Å². The molecule has 1 heterocycles. The number of fused-ring (bicyclic) bond motifs is 1. The normalized spacial score (nSPS) is 14.0. The Kier molecular flexibility index (Phi) is 2.88. The number of nitrogens with zero attached hydrogens (tertiary/aromatic N) is 2. The Morgan fingerprint density at radius 3 is 2.89 bits per heavy atom. The maximum atomic E-state index is 11.8. The summed E-state index contributed by atoms with van der Waals surface area (Å²) in [5.74, 6) is 0.181. The average Bonchev–Trinajstić information content (AvgIpc) is 2.84. The van der Waals surface area contributed by atoms with Gasteiger partial charge in [-0.25, -0.2) is 0 Å². The first-order chi connectivity index (χ1) is 9.20. The summed E-state index contributed by atoms with van der Waals surface area (Å²) in [6.07, 6.45) is 4.17. The van der Waals surface area contributed by atoms with Crippen LogP contribution in [0.15, 0.2) is 30.5 Å². The smallest absolute Gasteiger partial charge is 0.164 e. The third kappa shape index (κ3) is 1.94. The van der Waals surface area contributed by atoms with Crippen molar-refractivity contribution in [2.45, 2.75) is 19.3 Å². The van der Waals surface area contributed by atoms with Gasteiger partial charge in [0.1, 0.15) is 6.07 Å². The van der Waals surface area contributed by atoms with Crippen LogP contribution in [0.5, 0.6) is 0 Å². The highest BCUT2D eigenvalue weighted by atomic mass is 35.5. The summed E-state index contributed by atoms with van der Waals surface area (Å²) < 4.78 is 1.91. The predicted molar refractivity (Wildman–Crippen MR) is 72.8 cm³/mol. The first-order valence-electron chi connectivity index (χ1n) is 6.14. The van der Waals surface area contributed by atoms with Crippen molar-refractivity contribution in [3.05, 3.63) is 52.3 Å². The van der Waals surface area contributed by atoms with Crippen LogP contribution in [-0.4, -0.2) is 10.4 Å². The number of aromatic nitrogens is 1. The fourth-order valence-corrected chi connectivity index (χ4v) is 2.72. The van der Waals surface area contributed by atoms with Crippen molar-refractivity contribution in [2.24, 2.45) is 0 Å². The van der Waals surface area contributed by atoms with Crippen molar-refractivity contribution >= 4 is 17.4 Å². The molecule has 0 atom stereocenters. The van der Waals surface area contributed by atoms with Crippen molar-refractivity contribution in [3.63, 3.8) is 0 Å². The summed E-state index contributed by atoms with van der Waals surface area (Å²) in [5, 5.41) is 9.77. The zero-order chi connectivity index (χ0) is 13.4. The van der Waals surface area contributed by atoms with Gasteiger partial charge in [0, 0.05) is 28.9 Å². The summed E-state index contributed by atoms with van der Waals surface area (Å²) in [6, 6.07) is 9.16. The van der Waals surface area contributed by atoms with E-state index in [1.54, 1.807) is 18.2 Å². The van der Waals surface area contributed by atoms with E-state index in [1.165, 1.54) is 0 Å². The second kappa shape index (κ2) is 4.56. The van der Waals surface area contributed by atoms with Gasteiger partial charge in [-0.1, -0.05) is 11.6 Å². The maximum Gasteiger partial charge on any atom is 0.164 e. The number of carbonyl (C=O) groups is 1. The van der Waals surface area contributed by atoms with Gasteiger partial charge in [0.25, 0.3) is 0 Å². The van der Waals surface area contributed by atoms with E-state index >= 15 is 0 Å². The molecule has 0 fully saturated rings. The third-order valence-electron chi connectivity index (χ3n) is 3.45. The largest absolute Gasteiger partial charge is 0.319 e. The number of Topliss-reactive ketones (excluding diaryl/α,β-unsaturated/α-hetero) is 1. The topological polar surface area (TPSA) is 45.8 Å². The highest BCUT2D eigenvalue weighted by molar-refractivity contribution is 6.30. The molecule has 0 amide bonds. The monoisotopic (exact) mass is 270 g/mol. The second-order valence-corrected chi connectivity index (χ2v) is 5.03. The molecule has 3 rings (SSSR count).